The molecule has 0 fully saturated rings. The lowest BCUT2D eigenvalue weighted by molar-refractivity contribution is -0.122. The van der Waals surface area contributed by atoms with Gasteiger partial charge in [0.05, 0.1) is 18.6 Å². The maximum Gasteiger partial charge on any atom is 0.140 e. The van der Waals surface area contributed by atoms with Gasteiger partial charge in [-0.25, -0.2) is 0 Å². The van der Waals surface area contributed by atoms with E-state index in [-0.39, 0.29) is 5.78 Å². The summed E-state index contributed by atoms with van der Waals surface area (Å²) in [6.45, 7) is 3.44. The van der Waals surface area contributed by atoms with Crippen molar-refractivity contribution in [3.05, 3.63) is 29.8 Å². The van der Waals surface area contributed by atoms with Crippen molar-refractivity contribution in [2.24, 2.45) is 0 Å². The smallest absolute Gasteiger partial charge is 0.140 e. The van der Waals surface area contributed by atoms with Gasteiger partial charge in [-0.05, 0) is 38.0 Å². The molecule has 1 aromatic carbocycles. The average Bonchev–Trinajstić information content (AvgIpc) is 2.35. The summed E-state index contributed by atoms with van der Waals surface area (Å²) in [5, 5.41) is 8.67. The molecule has 1 atom stereocenters. The van der Waals surface area contributed by atoms with Crippen LogP contribution in [0.15, 0.2) is 24.3 Å². The van der Waals surface area contributed by atoms with E-state index in [1.54, 1.807) is 14.0 Å². The molecular formula is C14H17NO2. The molecule has 17 heavy (non-hydrogen) atoms. The third kappa shape index (κ3) is 2.85. The first-order valence-electron chi connectivity index (χ1n) is 5.57. The Morgan fingerprint density at radius 1 is 1.53 bits per heavy atom. The molecule has 3 nitrogen and oxygen atoms in total. The molecule has 0 saturated heterocycles. The van der Waals surface area contributed by atoms with E-state index in [4.69, 9.17) is 10.00 Å². The van der Waals surface area contributed by atoms with Gasteiger partial charge < -0.3 is 4.74 Å². The van der Waals surface area contributed by atoms with Crippen molar-refractivity contribution in [2.45, 2.75) is 32.1 Å². The summed E-state index contributed by atoms with van der Waals surface area (Å²) in [5.74, 6) is 0.799. The molecule has 0 amide bonds. The normalized spacial score (nSPS) is 13.5. The summed E-state index contributed by atoms with van der Waals surface area (Å²) >= 11 is 0. The first-order valence-corrected chi connectivity index (χ1v) is 5.57. The summed E-state index contributed by atoms with van der Waals surface area (Å²) in [6.07, 6.45) is 0.902. The number of nitriles is 1. The highest BCUT2D eigenvalue weighted by Crippen LogP contribution is 2.32. The molecule has 0 aliphatic rings. The highest BCUT2D eigenvalue weighted by Gasteiger charge is 2.31. The lowest BCUT2D eigenvalue weighted by Crippen LogP contribution is -2.30. The lowest BCUT2D eigenvalue weighted by Gasteiger charge is -2.26. The lowest BCUT2D eigenvalue weighted by atomic mass is 9.75. The molecule has 0 bridgehead atoms. The minimum atomic E-state index is -0.607. The fraction of sp³-hybridized carbons (Fsp3) is 0.429. The topological polar surface area (TPSA) is 50.1 Å². The number of ether oxygens (including phenoxy) is 1. The number of ketones is 1. The largest absolute Gasteiger partial charge is 0.497 e. The van der Waals surface area contributed by atoms with Gasteiger partial charge in [0.25, 0.3) is 0 Å². The van der Waals surface area contributed by atoms with Crippen LogP contribution in [0.1, 0.15) is 32.3 Å². The zero-order valence-electron chi connectivity index (χ0n) is 10.5. The highest BCUT2D eigenvalue weighted by molar-refractivity contribution is 5.87. The number of rotatable bonds is 5. The molecule has 0 aliphatic carbocycles. The summed E-state index contributed by atoms with van der Waals surface area (Å²) in [7, 11) is 1.60. The average molecular weight is 231 g/mol. The van der Waals surface area contributed by atoms with Crippen LogP contribution in [0.25, 0.3) is 0 Å². The van der Waals surface area contributed by atoms with Crippen LogP contribution in [0.3, 0.4) is 0 Å². The number of nitrogens with zero attached hydrogens (tertiary/aromatic N) is 1. The Labute approximate surface area is 102 Å². The zero-order chi connectivity index (χ0) is 12.9. The molecule has 0 N–H and O–H groups in total. The molecule has 0 spiro atoms. The Morgan fingerprint density at radius 2 is 2.24 bits per heavy atom. The van der Waals surface area contributed by atoms with Crippen LogP contribution in [0.4, 0.5) is 0 Å². The monoisotopic (exact) mass is 231 g/mol. The van der Waals surface area contributed by atoms with Crippen molar-refractivity contribution >= 4 is 5.78 Å². The predicted molar refractivity (Wildman–Crippen MR) is 65.9 cm³/mol. The molecule has 0 heterocycles. The number of carbonyl (C=O) groups excluding carboxylic acids is 1. The highest BCUT2D eigenvalue weighted by atomic mass is 16.5. The number of carbonyl (C=O) groups is 1. The number of methoxy groups -OCH3 is 1. The van der Waals surface area contributed by atoms with Crippen molar-refractivity contribution in [3.8, 4) is 11.8 Å². The van der Waals surface area contributed by atoms with E-state index >= 15 is 0 Å². The second-order valence-corrected chi connectivity index (χ2v) is 4.28. The SMILES string of the molecule is COc1cccc([C@@](C)(CCC#N)C(C)=O)c1. The van der Waals surface area contributed by atoms with Crippen molar-refractivity contribution in [3.63, 3.8) is 0 Å². The fourth-order valence-electron chi connectivity index (χ4n) is 1.80. The third-order valence-electron chi connectivity index (χ3n) is 3.22. The molecule has 0 aliphatic heterocycles. The molecule has 3 heteroatoms. The second-order valence-electron chi connectivity index (χ2n) is 4.28. The van der Waals surface area contributed by atoms with E-state index in [0.29, 0.717) is 12.8 Å². The number of hydrogen-bond acceptors (Lipinski definition) is 3. The zero-order valence-corrected chi connectivity index (χ0v) is 10.5. The fourth-order valence-corrected chi connectivity index (χ4v) is 1.80. The first kappa shape index (κ1) is 13.2. The van der Waals surface area contributed by atoms with Crippen LogP contribution in [0, 0.1) is 11.3 Å². The maximum absolute atomic E-state index is 11.8. The van der Waals surface area contributed by atoms with E-state index in [2.05, 4.69) is 6.07 Å². The van der Waals surface area contributed by atoms with Crippen LogP contribution in [-0.2, 0) is 10.2 Å². The molecular weight excluding hydrogens is 214 g/mol. The first-order chi connectivity index (χ1) is 8.04. The minimum absolute atomic E-state index is 0.0704. The van der Waals surface area contributed by atoms with E-state index in [1.165, 1.54) is 0 Å². The van der Waals surface area contributed by atoms with Crippen LogP contribution >= 0.6 is 0 Å². The standard InChI is InChI=1S/C14H17NO2/c1-11(16)14(2,8-5-9-15)12-6-4-7-13(10-12)17-3/h4,6-7,10H,5,8H2,1-3H3/t14-/m0/s1. The van der Waals surface area contributed by atoms with Gasteiger partial charge >= 0.3 is 0 Å². The van der Waals surface area contributed by atoms with Gasteiger partial charge in [0.1, 0.15) is 11.5 Å². The molecule has 1 aromatic rings. The minimum Gasteiger partial charge on any atom is -0.497 e. The van der Waals surface area contributed by atoms with Crippen LogP contribution in [0.5, 0.6) is 5.75 Å². The van der Waals surface area contributed by atoms with E-state index in [1.807, 2.05) is 31.2 Å². The quantitative estimate of drug-likeness (QED) is 0.783. The number of hydrogen-bond donors (Lipinski definition) is 0. The van der Waals surface area contributed by atoms with Gasteiger partial charge in [-0.1, -0.05) is 12.1 Å². The second kappa shape index (κ2) is 5.49. The molecule has 0 radical (unpaired) electrons. The van der Waals surface area contributed by atoms with Gasteiger partial charge in [0.2, 0.25) is 0 Å². The third-order valence-corrected chi connectivity index (χ3v) is 3.22. The predicted octanol–water partition coefficient (Wildman–Crippen LogP) is 2.85. The van der Waals surface area contributed by atoms with Crippen molar-refractivity contribution in [2.75, 3.05) is 7.11 Å². The van der Waals surface area contributed by atoms with Crippen LogP contribution < -0.4 is 4.74 Å². The van der Waals surface area contributed by atoms with Gasteiger partial charge in [0.15, 0.2) is 0 Å². The Balaban J connectivity index is 3.13. The molecule has 0 unspecified atom stereocenters. The van der Waals surface area contributed by atoms with Crippen molar-refractivity contribution < 1.29 is 9.53 Å². The molecule has 90 valence electrons. The van der Waals surface area contributed by atoms with Crippen molar-refractivity contribution in [1.82, 2.24) is 0 Å². The van der Waals surface area contributed by atoms with E-state index < -0.39 is 5.41 Å². The molecule has 0 saturated carbocycles. The number of Topliss-reactive ketones (excluding diaryl/α,β-unsaturated/α-hetero) is 1. The van der Waals surface area contributed by atoms with Crippen molar-refractivity contribution in [1.29, 1.82) is 5.26 Å². The van der Waals surface area contributed by atoms with Gasteiger partial charge in [-0.2, -0.15) is 5.26 Å². The van der Waals surface area contributed by atoms with Gasteiger partial charge in [0, 0.05) is 6.42 Å². The Morgan fingerprint density at radius 3 is 2.76 bits per heavy atom. The van der Waals surface area contributed by atoms with E-state index in [0.717, 1.165) is 11.3 Å². The summed E-state index contributed by atoms with van der Waals surface area (Å²) < 4.78 is 5.16. The summed E-state index contributed by atoms with van der Waals surface area (Å²) in [5.41, 5.74) is 0.296. The summed E-state index contributed by atoms with van der Waals surface area (Å²) in [6, 6.07) is 9.56. The molecule has 0 aromatic heterocycles. The Kier molecular flexibility index (Phi) is 4.28. The van der Waals surface area contributed by atoms with Gasteiger partial charge in [-0.15, -0.1) is 0 Å². The van der Waals surface area contributed by atoms with Crippen LogP contribution in [-0.4, -0.2) is 12.9 Å². The summed E-state index contributed by atoms with van der Waals surface area (Å²) in [4.78, 5) is 11.8. The molecule has 1 rings (SSSR count). The Bertz CT molecular complexity index is 448. The van der Waals surface area contributed by atoms with Crippen LogP contribution in [0.2, 0.25) is 0 Å². The number of benzene rings is 1. The maximum atomic E-state index is 11.8. The van der Waals surface area contributed by atoms with Gasteiger partial charge in [-0.3, -0.25) is 4.79 Å². The van der Waals surface area contributed by atoms with E-state index in [9.17, 15) is 4.79 Å². The Hall–Kier alpha value is -1.82.